The van der Waals surface area contributed by atoms with Crippen molar-refractivity contribution in [3.8, 4) is 0 Å². The summed E-state index contributed by atoms with van der Waals surface area (Å²) in [6, 6.07) is 0. The van der Waals surface area contributed by atoms with Crippen LogP contribution in [0, 0.1) is 0 Å². The molecule has 0 aliphatic heterocycles. The van der Waals surface area contributed by atoms with Crippen LogP contribution in [0.3, 0.4) is 0 Å². The first-order valence-electron chi connectivity index (χ1n) is 5.29. The number of aliphatic carboxylic acids is 2. The van der Waals surface area contributed by atoms with Gasteiger partial charge in [0.05, 0.1) is 12.8 Å². The minimum atomic E-state index is -4.67. The quantitative estimate of drug-likeness (QED) is 0.0781. The Kier molecular flexibility index (Phi) is 32.6. The molecule has 0 radical (unpaired) electrons. The van der Waals surface area contributed by atoms with Crippen molar-refractivity contribution < 1.29 is 66.7 Å². The summed E-state index contributed by atoms with van der Waals surface area (Å²) < 4.78 is 35.1. The van der Waals surface area contributed by atoms with Crippen LogP contribution in [-0.2, 0) is 34.3 Å². The van der Waals surface area contributed by atoms with Crippen LogP contribution in [0.4, 0.5) is 4.79 Å². The molecule has 0 saturated carbocycles. The van der Waals surface area contributed by atoms with Crippen molar-refractivity contribution >= 4 is 129 Å². The fraction of sp³-hybridized carbons (Fsp3) is 0.444. The first kappa shape index (κ1) is 41.7. The standard InChI is InChI=1S/C7H8O9.C2H4O.3Na.H2O4S.3H/c8-3(9)1-7(15,5(11)12)2-4(10)16-6(13)14;1-2-3;;;;1-5(2,3)4;;;/h15H,1-2H2,(H,8,9)(H,11,12)(H,13,14);2H,1H3;;;;(H2,1,2,3,4);;;. The van der Waals surface area contributed by atoms with Crippen LogP contribution in [0.5, 0.6) is 0 Å². The SMILES string of the molecule is CC=O.O=C(O)CC(O)(CC(=O)OC(=O)O)C(=O)O.O=S(=O)(O)O.[NaH].[NaH].[NaH]. The van der Waals surface area contributed by atoms with Gasteiger partial charge in [-0.1, -0.05) is 0 Å². The molecule has 18 heteroatoms. The molecule has 0 saturated heterocycles. The maximum atomic E-state index is 10.7. The number of ether oxygens (including phenoxy) is 1. The average Bonchev–Trinajstić information content (AvgIpc) is 2.23. The van der Waals surface area contributed by atoms with E-state index in [1.54, 1.807) is 0 Å². The predicted octanol–water partition coefficient (Wildman–Crippen LogP) is -3.50. The molecule has 0 amide bonds. The molecule has 0 aromatic rings. The van der Waals surface area contributed by atoms with E-state index in [4.69, 9.17) is 37.6 Å². The molecule has 0 bridgehead atoms. The van der Waals surface area contributed by atoms with Crippen molar-refractivity contribution in [1.29, 1.82) is 0 Å². The number of esters is 1. The van der Waals surface area contributed by atoms with Crippen molar-refractivity contribution in [2.45, 2.75) is 25.4 Å². The molecule has 0 spiro atoms. The summed E-state index contributed by atoms with van der Waals surface area (Å²) in [5, 5.41) is 34.1. The van der Waals surface area contributed by atoms with E-state index in [0.717, 1.165) is 6.29 Å². The molecule has 27 heavy (non-hydrogen) atoms. The number of hydrogen-bond acceptors (Lipinski definition) is 9. The third-order valence-corrected chi connectivity index (χ3v) is 1.48. The molecule has 0 aliphatic carbocycles. The van der Waals surface area contributed by atoms with Gasteiger partial charge in [-0.25, -0.2) is 9.59 Å². The number of aliphatic hydroxyl groups is 1. The van der Waals surface area contributed by atoms with Crippen LogP contribution < -0.4 is 0 Å². The molecular weight excluding hydrogens is 433 g/mol. The summed E-state index contributed by atoms with van der Waals surface area (Å²) in [5.41, 5.74) is -2.89. The Bertz CT molecular complexity index is 568. The Labute approximate surface area is 219 Å². The van der Waals surface area contributed by atoms with Crippen LogP contribution in [0.2, 0.25) is 0 Å². The van der Waals surface area contributed by atoms with Crippen LogP contribution >= 0.6 is 0 Å². The number of hydrogen-bond donors (Lipinski definition) is 6. The van der Waals surface area contributed by atoms with E-state index in [1.165, 1.54) is 6.92 Å². The zero-order valence-corrected chi connectivity index (χ0v) is 12.7. The van der Waals surface area contributed by atoms with E-state index in [-0.39, 0.29) is 88.7 Å². The Morgan fingerprint density at radius 1 is 0.963 bits per heavy atom. The third-order valence-electron chi connectivity index (χ3n) is 1.48. The first-order chi connectivity index (χ1) is 10.6. The van der Waals surface area contributed by atoms with Gasteiger partial charge >= 0.3 is 123 Å². The van der Waals surface area contributed by atoms with Crippen LogP contribution in [-0.4, -0.2) is 163 Å². The number of carbonyl (C=O) groups excluding carboxylic acids is 2. The third kappa shape index (κ3) is 37.8. The first-order valence-corrected chi connectivity index (χ1v) is 6.69. The molecule has 0 fully saturated rings. The van der Waals surface area contributed by atoms with Crippen LogP contribution in [0.25, 0.3) is 0 Å². The van der Waals surface area contributed by atoms with E-state index in [9.17, 15) is 24.3 Å². The summed E-state index contributed by atoms with van der Waals surface area (Å²) in [6.07, 6.45) is -3.76. The molecule has 146 valence electrons. The van der Waals surface area contributed by atoms with Gasteiger partial charge in [-0.05, 0) is 6.92 Å². The van der Waals surface area contributed by atoms with Crippen molar-refractivity contribution in [1.82, 2.24) is 0 Å². The Morgan fingerprint density at radius 2 is 1.26 bits per heavy atom. The van der Waals surface area contributed by atoms with Crippen molar-refractivity contribution in [3.63, 3.8) is 0 Å². The average molecular weight is 450 g/mol. The number of aldehydes is 1. The monoisotopic (exact) mass is 450 g/mol. The molecule has 0 aliphatic rings. The van der Waals surface area contributed by atoms with Gasteiger partial charge in [-0.3, -0.25) is 18.7 Å². The molecule has 0 rings (SSSR count). The molecule has 6 N–H and O–H groups in total. The van der Waals surface area contributed by atoms with E-state index in [2.05, 4.69) is 4.74 Å². The van der Waals surface area contributed by atoms with Crippen molar-refractivity contribution in [2.24, 2.45) is 0 Å². The zero-order chi connectivity index (χ0) is 20.1. The fourth-order valence-corrected chi connectivity index (χ4v) is 0.836. The van der Waals surface area contributed by atoms with Gasteiger partial charge in [-0.2, -0.15) is 8.42 Å². The van der Waals surface area contributed by atoms with Gasteiger partial charge in [-0.15, -0.1) is 0 Å². The molecule has 0 aromatic heterocycles. The number of carbonyl (C=O) groups is 5. The molecule has 0 heterocycles. The topological polar surface area (TPSA) is 250 Å². The van der Waals surface area contributed by atoms with Gasteiger partial charge < -0.3 is 30.0 Å². The minimum absolute atomic E-state index is 0. The summed E-state index contributed by atoms with van der Waals surface area (Å²) in [4.78, 5) is 50.2. The second-order valence-electron chi connectivity index (χ2n) is 3.51. The molecule has 0 aromatic carbocycles. The summed E-state index contributed by atoms with van der Waals surface area (Å²) in [5.74, 6) is -5.18. The zero-order valence-electron chi connectivity index (χ0n) is 11.8. The number of carboxylic acid groups (broad SMARTS) is 3. The van der Waals surface area contributed by atoms with Crippen LogP contribution in [0.1, 0.15) is 19.8 Å². The molecular formula is C9H17Na3O14S. The summed E-state index contributed by atoms with van der Waals surface area (Å²) in [7, 11) is -4.67. The summed E-state index contributed by atoms with van der Waals surface area (Å²) in [6.45, 7) is 1.44. The Morgan fingerprint density at radius 3 is 1.44 bits per heavy atom. The van der Waals surface area contributed by atoms with Gasteiger partial charge in [0, 0.05) is 0 Å². The van der Waals surface area contributed by atoms with Crippen molar-refractivity contribution in [3.05, 3.63) is 0 Å². The second kappa shape index (κ2) is 21.1. The normalized spacial score (nSPS) is 10.7. The number of carboxylic acids is 2. The maximum absolute atomic E-state index is 10.7. The van der Waals surface area contributed by atoms with Gasteiger partial charge in [0.15, 0.2) is 5.60 Å². The second-order valence-corrected chi connectivity index (χ2v) is 4.40. The van der Waals surface area contributed by atoms with Crippen LogP contribution in [0.15, 0.2) is 0 Å². The fourth-order valence-electron chi connectivity index (χ4n) is 0.836. The molecule has 14 nitrogen and oxygen atoms in total. The molecule has 1 atom stereocenters. The van der Waals surface area contributed by atoms with E-state index < -0.39 is 52.9 Å². The van der Waals surface area contributed by atoms with E-state index in [1.807, 2.05) is 0 Å². The summed E-state index contributed by atoms with van der Waals surface area (Å²) >= 11 is 0. The van der Waals surface area contributed by atoms with Gasteiger partial charge in [0.25, 0.3) is 0 Å². The Balaban J connectivity index is -0.0000000855. The predicted molar refractivity (Wildman–Crippen MR) is 90.9 cm³/mol. The van der Waals surface area contributed by atoms with Gasteiger partial charge in [0.1, 0.15) is 6.29 Å². The Hall–Kier alpha value is 0.380. The number of rotatable bonds is 5. The van der Waals surface area contributed by atoms with E-state index in [0.29, 0.717) is 0 Å². The van der Waals surface area contributed by atoms with E-state index >= 15 is 0 Å². The molecule has 1 unspecified atom stereocenters. The van der Waals surface area contributed by atoms with Crippen molar-refractivity contribution in [2.75, 3.05) is 0 Å². The van der Waals surface area contributed by atoms with Gasteiger partial charge in [0.2, 0.25) is 0 Å².